The van der Waals surface area contributed by atoms with Crippen LogP contribution in [-0.4, -0.2) is 32.3 Å². The molecule has 0 atom stereocenters. The molecular weight excluding hydrogens is 408 g/mol. The Bertz CT molecular complexity index is 720. The maximum atomic E-state index is 11.9. The first-order valence-electron chi connectivity index (χ1n) is 9.27. The summed E-state index contributed by atoms with van der Waals surface area (Å²) in [7, 11) is 0. The highest BCUT2D eigenvalue weighted by atomic mass is 79.9. The van der Waals surface area contributed by atoms with E-state index in [2.05, 4.69) is 26.6 Å². The number of halogens is 1. The SMILES string of the molecule is CCOc1ccc(CCNC(=O)NCCc2ccc(Br)cc2)cc1OCC. The summed E-state index contributed by atoms with van der Waals surface area (Å²) in [6.45, 7) is 6.24. The number of carbonyl (C=O) groups is 1. The average Bonchev–Trinajstić information content (AvgIpc) is 2.66. The van der Waals surface area contributed by atoms with E-state index in [4.69, 9.17) is 9.47 Å². The summed E-state index contributed by atoms with van der Waals surface area (Å²) < 4.78 is 12.3. The molecular formula is C21H27BrN2O3. The number of hydrogen-bond acceptors (Lipinski definition) is 3. The minimum Gasteiger partial charge on any atom is -0.490 e. The number of benzene rings is 2. The lowest BCUT2D eigenvalue weighted by Gasteiger charge is -2.13. The van der Waals surface area contributed by atoms with Crippen molar-refractivity contribution in [2.45, 2.75) is 26.7 Å². The molecule has 0 aliphatic heterocycles. The lowest BCUT2D eigenvalue weighted by atomic mass is 10.1. The van der Waals surface area contributed by atoms with E-state index in [1.54, 1.807) is 0 Å². The number of ether oxygens (including phenoxy) is 2. The molecule has 0 spiro atoms. The third-order valence-electron chi connectivity index (χ3n) is 3.92. The lowest BCUT2D eigenvalue weighted by Crippen LogP contribution is -2.37. The first kappa shape index (κ1) is 21.1. The Morgan fingerprint density at radius 2 is 1.41 bits per heavy atom. The fourth-order valence-corrected chi connectivity index (χ4v) is 2.87. The molecule has 0 saturated carbocycles. The van der Waals surface area contributed by atoms with Crippen molar-refractivity contribution in [3.8, 4) is 11.5 Å². The molecule has 5 nitrogen and oxygen atoms in total. The van der Waals surface area contributed by atoms with Crippen LogP contribution < -0.4 is 20.1 Å². The summed E-state index contributed by atoms with van der Waals surface area (Å²) in [6, 6.07) is 13.8. The summed E-state index contributed by atoms with van der Waals surface area (Å²) in [5.74, 6) is 1.50. The van der Waals surface area contributed by atoms with Gasteiger partial charge in [0.15, 0.2) is 11.5 Å². The number of amides is 2. The third-order valence-corrected chi connectivity index (χ3v) is 4.45. The average molecular weight is 435 g/mol. The van der Waals surface area contributed by atoms with Gasteiger partial charge in [0.2, 0.25) is 0 Å². The van der Waals surface area contributed by atoms with E-state index in [0.717, 1.165) is 34.4 Å². The normalized spacial score (nSPS) is 10.3. The van der Waals surface area contributed by atoms with E-state index in [1.807, 2.05) is 56.3 Å². The van der Waals surface area contributed by atoms with Crippen LogP contribution in [0.3, 0.4) is 0 Å². The molecule has 146 valence electrons. The van der Waals surface area contributed by atoms with Gasteiger partial charge >= 0.3 is 6.03 Å². The van der Waals surface area contributed by atoms with E-state index in [9.17, 15) is 4.79 Å². The summed E-state index contributed by atoms with van der Waals surface area (Å²) >= 11 is 3.41. The summed E-state index contributed by atoms with van der Waals surface area (Å²) in [5, 5.41) is 5.77. The van der Waals surface area contributed by atoms with Gasteiger partial charge in [-0.25, -0.2) is 4.79 Å². The van der Waals surface area contributed by atoms with Gasteiger partial charge in [-0.2, -0.15) is 0 Å². The Hall–Kier alpha value is -2.21. The van der Waals surface area contributed by atoms with Crippen LogP contribution in [-0.2, 0) is 12.8 Å². The predicted octanol–water partition coefficient (Wildman–Crippen LogP) is 4.33. The highest BCUT2D eigenvalue weighted by Gasteiger charge is 2.07. The van der Waals surface area contributed by atoms with Crippen molar-refractivity contribution in [2.24, 2.45) is 0 Å². The van der Waals surface area contributed by atoms with Gasteiger partial charge in [-0.1, -0.05) is 34.1 Å². The Morgan fingerprint density at radius 1 is 0.852 bits per heavy atom. The first-order chi connectivity index (χ1) is 13.1. The molecule has 0 aromatic heterocycles. The van der Waals surface area contributed by atoms with Gasteiger partial charge in [-0.05, 0) is 62.1 Å². The first-order valence-corrected chi connectivity index (χ1v) is 10.1. The summed E-state index contributed by atoms with van der Waals surface area (Å²) in [5.41, 5.74) is 2.29. The molecule has 0 unspecified atom stereocenters. The predicted molar refractivity (Wildman–Crippen MR) is 112 cm³/mol. The molecule has 0 heterocycles. The van der Waals surface area contributed by atoms with Gasteiger partial charge in [0.25, 0.3) is 0 Å². The largest absolute Gasteiger partial charge is 0.490 e. The van der Waals surface area contributed by atoms with Crippen LogP contribution in [0, 0.1) is 0 Å². The van der Waals surface area contributed by atoms with Gasteiger partial charge in [0.1, 0.15) is 0 Å². The smallest absolute Gasteiger partial charge is 0.314 e. The van der Waals surface area contributed by atoms with Gasteiger partial charge < -0.3 is 20.1 Å². The van der Waals surface area contributed by atoms with Gasteiger partial charge in [0, 0.05) is 17.6 Å². The molecule has 2 aromatic carbocycles. The Morgan fingerprint density at radius 3 is 2.04 bits per heavy atom. The maximum absolute atomic E-state index is 11.9. The van der Waals surface area contributed by atoms with E-state index in [0.29, 0.717) is 26.3 Å². The van der Waals surface area contributed by atoms with Crippen molar-refractivity contribution < 1.29 is 14.3 Å². The highest BCUT2D eigenvalue weighted by Crippen LogP contribution is 2.28. The van der Waals surface area contributed by atoms with E-state index in [-0.39, 0.29) is 6.03 Å². The van der Waals surface area contributed by atoms with Gasteiger partial charge in [0.05, 0.1) is 13.2 Å². The number of rotatable bonds is 10. The lowest BCUT2D eigenvalue weighted by molar-refractivity contribution is 0.241. The molecule has 2 aromatic rings. The number of nitrogens with one attached hydrogen (secondary N) is 2. The molecule has 0 aliphatic rings. The summed E-state index contributed by atoms with van der Waals surface area (Å²) in [4.78, 5) is 11.9. The minimum absolute atomic E-state index is 0.150. The number of urea groups is 1. The van der Waals surface area contributed by atoms with Crippen LogP contribution in [0.25, 0.3) is 0 Å². The monoisotopic (exact) mass is 434 g/mol. The topological polar surface area (TPSA) is 59.6 Å². The zero-order chi connectivity index (χ0) is 19.5. The molecule has 0 aliphatic carbocycles. The molecule has 0 bridgehead atoms. The van der Waals surface area contributed by atoms with Crippen LogP contribution >= 0.6 is 15.9 Å². The van der Waals surface area contributed by atoms with Crippen LogP contribution in [0.2, 0.25) is 0 Å². The van der Waals surface area contributed by atoms with Crippen molar-refractivity contribution in [1.82, 2.24) is 10.6 Å². The second-order valence-corrected chi connectivity index (χ2v) is 6.87. The van der Waals surface area contributed by atoms with E-state index < -0.39 is 0 Å². The fraction of sp³-hybridized carbons (Fsp3) is 0.381. The van der Waals surface area contributed by atoms with Crippen LogP contribution in [0.1, 0.15) is 25.0 Å². The number of carbonyl (C=O) groups excluding carboxylic acids is 1. The van der Waals surface area contributed by atoms with Crippen molar-refractivity contribution >= 4 is 22.0 Å². The second-order valence-electron chi connectivity index (χ2n) is 5.96. The molecule has 27 heavy (non-hydrogen) atoms. The Kier molecular flexibility index (Phi) is 8.98. The van der Waals surface area contributed by atoms with Crippen molar-refractivity contribution in [2.75, 3.05) is 26.3 Å². The quantitative estimate of drug-likeness (QED) is 0.584. The van der Waals surface area contributed by atoms with Crippen molar-refractivity contribution in [3.63, 3.8) is 0 Å². The second kappa shape index (κ2) is 11.5. The molecule has 0 fully saturated rings. The molecule has 0 saturated heterocycles. The molecule has 2 N–H and O–H groups in total. The Balaban J connectivity index is 1.72. The molecule has 2 amide bonds. The molecule has 0 radical (unpaired) electrons. The van der Waals surface area contributed by atoms with Crippen molar-refractivity contribution in [3.05, 3.63) is 58.1 Å². The maximum Gasteiger partial charge on any atom is 0.314 e. The molecule has 6 heteroatoms. The Labute approximate surface area is 169 Å². The summed E-state index contributed by atoms with van der Waals surface area (Å²) in [6.07, 6.45) is 1.53. The number of hydrogen-bond donors (Lipinski definition) is 2. The van der Waals surface area contributed by atoms with Crippen molar-refractivity contribution in [1.29, 1.82) is 0 Å². The fourth-order valence-electron chi connectivity index (χ4n) is 2.61. The minimum atomic E-state index is -0.150. The highest BCUT2D eigenvalue weighted by molar-refractivity contribution is 9.10. The van der Waals surface area contributed by atoms with Crippen LogP contribution in [0.4, 0.5) is 4.79 Å². The zero-order valence-electron chi connectivity index (χ0n) is 15.9. The van der Waals surface area contributed by atoms with E-state index in [1.165, 1.54) is 5.56 Å². The molecule has 2 rings (SSSR count). The zero-order valence-corrected chi connectivity index (χ0v) is 17.5. The van der Waals surface area contributed by atoms with Gasteiger partial charge in [-0.3, -0.25) is 0 Å². The van der Waals surface area contributed by atoms with Crippen LogP contribution in [0.15, 0.2) is 46.9 Å². The standard InChI is InChI=1S/C21H27BrN2O3/c1-3-26-19-10-7-17(15-20(19)27-4-2)12-14-24-21(25)23-13-11-16-5-8-18(22)9-6-16/h5-10,15H,3-4,11-14H2,1-2H3,(H2,23,24,25). The van der Waals surface area contributed by atoms with E-state index >= 15 is 0 Å². The third kappa shape index (κ3) is 7.51. The van der Waals surface area contributed by atoms with Crippen LogP contribution in [0.5, 0.6) is 11.5 Å². The van der Waals surface area contributed by atoms with Gasteiger partial charge in [-0.15, -0.1) is 0 Å².